The second-order valence-corrected chi connectivity index (χ2v) is 6.62. The SMILES string of the molecule is C=Cc1ccc(C(=O)OC2C(=O)OC3C4OC(C)(C)OC4OC23)cc1. The molecule has 5 unspecified atom stereocenters. The van der Waals surface area contributed by atoms with E-state index in [9.17, 15) is 9.59 Å². The van der Waals surface area contributed by atoms with Crippen LogP contribution >= 0.6 is 0 Å². The van der Waals surface area contributed by atoms with Crippen LogP contribution in [0.1, 0.15) is 29.8 Å². The Bertz CT molecular complexity index is 723. The molecule has 5 atom stereocenters. The monoisotopic (exact) mass is 346 g/mol. The van der Waals surface area contributed by atoms with E-state index in [-0.39, 0.29) is 0 Å². The highest BCUT2D eigenvalue weighted by Gasteiger charge is 2.64. The van der Waals surface area contributed by atoms with Gasteiger partial charge >= 0.3 is 11.9 Å². The Balaban J connectivity index is 1.47. The number of benzene rings is 1. The predicted octanol–water partition coefficient (Wildman–Crippen LogP) is 1.66. The second kappa shape index (κ2) is 5.66. The van der Waals surface area contributed by atoms with Crippen LogP contribution in [0.25, 0.3) is 6.08 Å². The number of rotatable bonds is 3. The summed E-state index contributed by atoms with van der Waals surface area (Å²) >= 11 is 0. The smallest absolute Gasteiger partial charge is 0.350 e. The molecule has 132 valence electrons. The first-order valence-electron chi connectivity index (χ1n) is 8.03. The summed E-state index contributed by atoms with van der Waals surface area (Å²) in [6.07, 6.45) is -2.04. The van der Waals surface area contributed by atoms with Crippen molar-refractivity contribution in [3.63, 3.8) is 0 Å². The van der Waals surface area contributed by atoms with Crippen molar-refractivity contribution in [1.82, 2.24) is 0 Å². The van der Waals surface area contributed by atoms with Crippen LogP contribution in [0.3, 0.4) is 0 Å². The molecule has 0 amide bonds. The van der Waals surface area contributed by atoms with E-state index in [0.717, 1.165) is 5.56 Å². The third-order valence-corrected chi connectivity index (χ3v) is 4.43. The maximum atomic E-state index is 12.3. The molecule has 0 aromatic heterocycles. The van der Waals surface area contributed by atoms with Crippen LogP contribution in [0.5, 0.6) is 0 Å². The van der Waals surface area contributed by atoms with Crippen molar-refractivity contribution in [2.45, 2.75) is 50.3 Å². The van der Waals surface area contributed by atoms with Gasteiger partial charge in [0.05, 0.1) is 5.56 Å². The Hall–Kier alpha value is -2.22. The van der Waals surface area contributed by atoms with Crippen molar-refractivity contribution >= 4 is 18.0 Å². The van der Waals surface area contributed by atoms with Crippen molar-refractivity contribution in [3.05, 3.63) is 42.0 Å². The molecule has 25 heavy (non-hydrogen) atoms. The number of esters is 2. The number of hydrogen-bond acceptors (Lipinski definition) is 7. The van der Waals surface area contributed by atoms with Crippen LogP contribution in [-0.4, -0.2) is 48.4 Å². The molecule has 0 aliphatic carbocycles. The fraction of sp³-hybridized carbons (Fsp3) is 0.444. The predicted molar refractivity (Wildman–Crippen MR) is 84.3 cm³/mol. The van der Waals surface area contributed by atoms with Gasteiger partial charge in [-0.1, -0.05) is 24.8 Å². The first-order valence-corrected chi connectivity index (χ1v) is 8.03. The van der Waals surface area contributed by atoms with E-state index in [0.29, 0.717) is 5.56 Å². The normalized spacial score (nSPS) is 35.0. The molecule has 4 rings (SSSR count). The van der Waals surface area contributed by atoms with E-state index in [4.69, 9.17) is 23.7 Å². The summed E-state index contributed by atoms with van der Waals surface area (Å²) in [6, 6.07) is 6.69. The molecule has 7 nitrogen and oxygen atoms in total. The van der Waals surface area contributed by atoms with E-state index >= 15 is 0 Å². The summed E-state index contributed by atoms with van der Waals surface area (Å²) in [4.78, 5) is 24.4. The molecule has 3 aliphatic heterocycles. The van der Waals surface area contributed by atoms with Gasteiger partial charge in [0.2, 0.25) is 6.10 Å². The number of carbonyl (C=O) groups is 2. The number of ether oxygens (including phenoxy) is 5. The molecule has 3 fully saturated rings. The molecule has 0 saturated carbocycles. The van der Waals surface area contributed by atoms with Gasteiger partial charge in [-0.05, 0) is 31.5 Å². The zero-order valence-corrected chi connectivity index (χ0v) is 13.8. The zero-order valence-electron chi connectivity index (χ0n) is 13.8. The Labute approximate surface area is 144 Å². The van der Waals surface area contributed by atoms with Crippen LogP contribution in [-0.2, 0) is 28.5 Å². The molecule has 7 heteroatoms. The Morgan fingerprint density at radius 1 is 1.16 bits per heavy atom. The van der Waals surface area contributed by atoms with E-state index in [1.54, 1.807) is 44.2 Å². The zero-order chi connectivity index (χ0) is 17.8. The minimum absolute atomic E-state index is 0.327. The summed E-state index contributed by atoms with van der Waals surface area (Å²) in [5.41, 5.74) is 1.20. The lowest BCUT2D eigenvalue weighted by atomic mass is 10.1. The highest BCUT2D eigenvalue weighted by atomic mass is 16.8. The summed E-state index contributed by atoms with van der Waals surface area (Å²) in [7, 11) is 0. The quantitative estimate of drug-likeness (QED) is 0.770. The molecular weight excluding hydrogens is 328 g/mol. The topological polar surface area (TPSA) is 80.3 Å². The Morgan fingerprint density at radius 3 is 2.56 bits per heavy atom. The molecule has 0 bridgehead atoms. The maximum Gasteiger partial charge on any atom is 0.350 e. The van der Waals surface area contributed by atoms with E-state index in [1.165, 1.54) is 0 Å². The first-order chi connectivity index (χ1) is 11.9. The summed E-state index contributed by atoms with van der Waals surface area (Å²) in [5.74, 6) is -2.08. The van der Waals surface area contributed by atoms with Crippen molar-refractivity contribution < 1.29 is 33.3 Å². The average Bonchev–Trinajstić information content (AvgIpc) is 3.15. The average molecular weight is 346 g/mol. The van der Waals surface area contributed by atoms with E-state index < -0.39 is 48.4 Å². The van der Waals surface area contributed by atoms with Gasteiger partial charge in [-0.15, -0.1) is 0 Å². The Kier molecular flexibility index (Phi) is 3.68. The highest BCUT2D eigenvalue weighted by molar-refractivity contribution is 5.92. The van der Waals surface area contributed by atoms with Crippen molar-refractivity contribution in [1.29, 1.82) is 0 Å². The van der Waals surface area contributed by atoms with E-state index in [2.05, 4.69) is 6.58 Å². The van der Waals surface area contributed by atoms with Crippen LogP contribution in [0, 0.1) is 0 Å². The van der Waals surface area contributed by atoms with Gasteiger partial charge < -0.3 is 23.7 Å². The minimum Gasteiger partial charge on any atom is -0.454 e. The van der Waals surface area contributed by atoms with Crippen LogP contribution in [0.2, 0.25) is 0 Å². The third-order valence-electron chi connectivity index (χ3n) is 4.43. The van der Waals surface area contributed by atoms with Crippen LogP contribution in [0.4, 0.5) is 0 Å². The highest BCUT2D eigenvalue weighted by Crippen LogP contribution is 2.43. The third kappa shape index (κ3) is 2.74. The minimum atomic E-state index is -1.14. The molecular formula is C18H18O7. The lowest BCUT2D eigenvalue weighted by Crippen LogP contribution is -2.37. The van der Waals surface area contributed by atoms with Crippen molar-refractivity contribution in [2.75, 3.05) is 0 Å². The van der Waals surface area contributed by atoms with Gasteiger partial charge in [0.1, 0.15) is 6.10 Å². The molecule has 3 heterocycles. The number of carbonyl (C=O) groups excluding carboxylic acids is 2. The lowest BCUT2D eigenvalue weighted by molar-refractivity contribution is -0.214. The van der Waals surface area contributed by atoms with Gasteiger partial charge in [-0.2, -0.15) is 0 Å². The summed E-state index contributed by atoms with van der Waals surface area (Å²) in [5, 5.41) is 0. The molecule has 3 aliphatic rings. The molecule has 3 saturated heterocycles. The Morgan fingerprint density at radius 2 is 1.88 bits per heavy atom. The first kappa shape index (κ1) is 16.3. The molecule has 0 N–H and O–H groups in total. The van der Waals surface area contributed by atoms with Gasteiger partial charge in [-0.3, -0.25) is 0 Å². The van der Waals surface area contributed by atoms with E-state index in [1.807, 2.05) is 0 Å². The molecule has 0 radical (unpaired) electrons. The lowest BCUT2D eigenvalue weighted by Gasteiger charge is -2.21. The van der Waals surface area contributed by atoms with Gasteiger partial charge in [0.15, 0.2) is 24.3 Å². The van der Waals surface area contributed by atoms with Gasteiger partial charge in [0.25, 0.3) is 0 Å². The summed E-state index contributed by atoms with van der Waals surface area (Å²) in [6.45, 7) is 7.16. The standard InChI is InChI=1S/C18H18O7/c1-4-9-5-7-10(8-6-9)15(19)22-13-11-12(21-16(13)20)14-17(23-11)25-18(2,3)24-14/h4-8,11-14,17H,1H2,2-3H3. The van der Waals surface area contributed by atoms with Crippen LogP contribution < -0.4 is 0 Å². The maximum absolute atomic E-state index is 12.3. The van der Waals surface area contributed by atoms with Crippen molar-refractivity contribution in [2.24, 2.45) is 0 Å². The fourth-order valence-corrected chi connectivity index (χ4v) is 3.27. The molecule has 1 aromatic carbocycles. The number of fused-ring (bicyclic) bond motifs is 3. The number of hydrogen-bond donors (Lipinski definition) is 0. The fourth-order valence-electron chi connectivity index (χ4n) is 3.27. The van der Waals surface area contributed by atoms with Gasteiger partial charge in [0, 0.05) is 0 Å². The van der Waals surface area contributed by atoms with Crippen LogP contribution in [0.15, 0.2) is 30.8 Å². The van der Waals surface area contributed by atoms with Crippen molar-refractivity contribution in [3.8, 4) is 0 Å². The summed E-state index contributed by atoms with van der Waals surface area (Å²) < 4.78 is 27.7. The largest absolute Gasteiger partial charge is 0.454 e. The second-order valence-electron chi connectivity index (χ2n) is 6.62. The molecule has 0 spiro atoms. The molecule has 1 aromatic rings. The van der Waals surface area contributed by atoms with Gasteiger partial charge in [-0.25, -0.2) is 9.59 Å².